The summed E-state index contributed by atoms with van der Waals surface area (Å²) in [6.45, 7) is 1.65. The Bertz CT molecular complexity index is 1030. The second kappa shape index (κ2) is 8.86. The molecule has 3 heterocycles. The number of benzene rings is 1. The van der Waals surface area contributed by atoms with Gasteiger partial charge in [0.15, 0.2) is 6.61 Å². The first-order valence-electron chi connectivity index (χ1n) is 9.96. The Morgan fingerprint density at radius 3 is 2.73 bits per heavy atom. The van der Waals surface area contributed by atoms with Crippen molar-refractivity contribution in [2.75, 3.05) is 24.6 Å². The summed E-state index contributed by atoms with van der Waals surface area (Å²) in [5.41, 5.74) is 6.12. The number of anilines is 1. The highest BCUT2D eigenvalue weighted by Gasteiger charge is 2.24. The molecule has 0 bridgehead atoms. The number of primary amides is 1. The first kappa shape index (κ1) is 19.8. The van der Waals surface area contributed by atoms with E-state index >= 15 is 0 Å². The number of ether oxygens (including phenoxy) is 1. The smallest absolute Gasteiger partial charge is 0.258 e. The van der Waals surface area contributed by atoms with E-state index in [4.69, 9.17) is 19.9 Å². The molecular formula is C22H24N4O4. The molecule has 1 saturated heterocycles. The van der Waals surface area contributed by atoms with Gasteiger partial charge in [-0.3, -0.25) is 9.59 Å². The van der Waals surface area contributed by atoms with Crippen molar-refractivity contribution in [2.24, 2.45) is 11.7 Å². The van der Waals surface area contributed by atoms with Gasteiger partial charge in [-0.2, -0.15) is 0 Å². The number of aromatic nitrogens is 1. The van der Waals surface area contributed by atoms with Crippen LogP contribution in [0.5, 0.6) is 5.75 Å². The fourth-order valence-electron chi connectivity index (χ4n) is 3.59. The molecule has 1 aliphatic rings. The Hall–Kier alpha value is -3.55. The van der Waals surface area contributed by atoms with Crippen LogP contribution >= 0.6 is 0 Å². The Kier molecular flexibility index (Phi) is 5.83. The summed E-state index contributed by atoms with van der Waals surface area (Å²) in [4.78, 5) is 30.4. The van der Waals surface area contributed by atoms with Crippen molar-refractivity contribution in [3.05, 3.63) is 54.5 Å². The highest BCUT2D eigenvalue weighted by molar-refractivity contribution is 5.86. The largest absolute Gasteiger partial charge is 0.481 e. The molecule has 4 rings (SSSR count). The molecule has 0 atom stereocenters. The van der Waals surface area contributed by atoms with E-state index in [0.717, 1.165) is 37.1 Å². The van der Waals surface area contributed by atoms with Crippen LogP contribution in [-0.2, 0) is 16.1 Å². The molecule has 8 heteroatoms. The van der Waals surface area contributed by atoms with E-state index in [9.17, 15) is 9.59 Å². The van der Waals surface area contributed by atoms with E-state index in [1.807, 2.05) is 24.3 Å². The number of fused-ring (bicyclic) bond motifs is 1. The minimum absolute atomic E-state index is 0.0692. The number of carbonyl (C=O) groups excluding carboxylic acids is 2. The molecule has 3 N–H and O–H groups in total. The second-order valence-electron chi connectivity index (χ2n) is 7.31. The van der Waals surface area contributed by atoms with E-state index < -0.39 is 0 Å². The van der Waals surface area contributed by atoms with E-state index in [0.29, 0.717) is 23.6 Å². The van der Waals surface area contributed by atoms with Gasteiger partial charge < -0.3 is 25.1 Å². The predicted molar refractivity (Wildman–Crippen MR) is 112 cm³/mol. The molecule has 156 valence electrons. The van der Waals surface area contributed by atoms with Crippen LogP contribution in [0.3, 0.4) is 0 Å². The number of nitrogens with two attached hydrogens (primary N) is 1. The first-order chi connectivity index (χ1) is 14.6. The molecule has 2 amide bonds. The van der Waals surface area contributed by atoms with Gasteiger partial charge in [0.25, 0.3) is 5.91 Å². The molecule has 2 aromatic heterocycles. The zero-order valence-corrected chi connectivity index (χ0v) is 16.5. The zero-order chi connectivity index (χ0) is 20.9. The van der Waals surface area contributed by atoms with Crippen LogP contribution in [0.1, 0.15) is 18.6 Å². The number of nitrogens with one attached hydrogen (secondary N) is 1. The van der Waals surface area contributed by atoms with E-state index in [1.54, 1.807) is 24.5 Å². The van der Waals surface area contributed by atoms with Crippen molar-refractivity contribution in [1.82, 2.24) is 10.3 Å². The van der Waals surface area contributed by atoms with Crippen molar-refractivity contribution in [3.63, 3.8) is 0 Å². The maximum Gasteiger partial charge on any atom is 0.258 e. The number of carbonyl (C=O) groups is 2. The highest BCUT2D eigenvalue weighted by Crippen LogP contribution is 2.28. The average molecular weight is 408 g/mol. The maximum atomic E-state index is 12.1. The van der Waals surface area contributed by atoms with Crippen molar-refractivity contribution >= 4 is 28.5 Å². The third kappa shape index (κ3) is 4.53. The second-order valence-corrected chi connectivity index (χ2v) is 7.31. The summed E-state index contributed by atoms with van der Waals surface area (Å²) in [7, 11) is 0. The average Bonchev–Trinajstić information content (AvgIpc) is 3.29. The van der Waals surface area contributed by atoms with Gasteiger partial charge in [-0.05, 0) is 43.2 Å². The van der Waals surface area contributed by atoms with Crippen molar-refractivity contribution in [3.8, 4) is 5.75 Å². The summed E-state index contributed by atoms with van der Waals surface area (Å²) in [5, 5.41) is 3.69. The normalized spacial score (nSPS) is 14.6. The van der Waals surface area contributed by atoms with Gasteiger partial charge in [0.2, 0.25) is 5.91 Å². The Morgan fingerprint density at radius 2 is 2.00 bits per heavy atom. The predicted octanol–water partition coefficient (Wildman–Crippen LogP) is 2.22. The summed E-state index contributed by atoms with van der Waals surface area (Å²) in [6, 6.07) is 13.2. The molecule has 1 aromatic carbocycles. The Balaban J connectivity index is 1.42. The lowest BCUT2D eigenvalue weighted by Gasteiger charge is -2.31. The number of hydrogen-bond acceptors (Lipinski definition) is 6. The lowest BCUT2D eigenvalue weighted by molar-refractivity contribution is -0.123. The SMILES string of the molecule is NC(=O)C1CCN(c2ccc3cccc(OCC(=O)NCc4ccco4)c3n2)CC1. The number of nitrogens with zero attached hydrogens (tertiary/aromatic N) is 2. The molecule has 0 saturated carbocycles. The fraction of sp³-hybridized carbons (Fsp3) is 0.318. The zero-order valence-electron chi connectivity index (χ0n) is 16.5. The van der Waals surface area contributed by atoms with Crippen molar-refractivity contribution in [1.29, 1.82) is 0 Å². The third-order valence-electron chi connectivity index (χ3n) is 5.29. The van der Waals surface area contributed by atoms with Crippen LogP contribution in [0.25, 0.3) is 10.9 Å². The van der Waals surface area contributed by atoms with Crippen LogP contribution in [0.2, 0.25) is 0 Å². The van der Waals surface area contributed by atoms with E-state index in [1.165, 1.54) is 0 Å². The fourth-order valence-corrected chi connectivity index (χ4v) is 3.59. The summed E-state index contributed by atoms with van der Waals surface area (Å²) < 4.78 is 11.0. The number of rotatable bonds is 7. The highest BCUT2D eigenvalue weighted by atomic mass is 16.5. The van der Waals surface area contributed by atoms with Crippen LogP contribution in [0, 0.1) is 5.92 Å². The van der Waals surface area contributed by atoms with Crippen LogP contribution in [0.15, 0.2) is 53.1 Å². The molecule has 1 aliphatic heterocycles. The van der Waals surface area contributed by atoms with Crippen molar-refractivity contribution < 1.29 is 18.7 Å². The molecule has 3 aromatic rings. The van der Waals surface area contributed by atoms with Crippen LogP contribution in [0.4, 0.5) is 5.82 Å². The topological polar surface area (TPSA) is 111 Å². The van der Waals surface area contributed by atoms with E-state index in [-0.39, 0.29) is 24.3 Å². The lowest BCUT2D eigenvalue weighted by atomic mass is 9.96. The number of pyridine rings is 1. The molecule has 8 nitrogen and oxygen atoms in total. The number of furan rings is 1. The summed E-state index contributed by atoms with van der Waals surface area (Å²) >= 11 is 0. The summed E-state index contributed by atoms with van der Waals surface area (Å²) in [5.74, 6) is 1.51. The standard InChI is InChI=1S/C22H24N4O4/c23-22(28)16-8-10-26(11-9-16)19-7-6-15-3-1-5-18(21(15)25-19)30-14-20(27)24-13-17-4-2-12-29-17/h1-7,12,16H,8-11,13-14H2,(H2,23,28)(H,24,27). The van der Waals surface area contributed by atoms with Gasteiger partial charge in [-0.1, -0.05) is 12.1 Å². The van der Waals surface area contributed by atoms with Gasteiger partial charge in [0.1, 0.15) is 22.8 Å². The van der Waals surface area contributed by atoms with Gasteiger partial charge in [0.05, 0.1) is 12.8 Å². The Morgan fingerprint density at radius 1 is 1.17 bits per heavy atom. The molecule has 0 aliphatic carbocycles. The van der Waals surface area contributed by atoms with Gasteiger partial charge in [-0.25, -0.2) is 4.98 Å². The quantitative estimate of drug-likeness (QED) is 0.620. The molecule has 0 spiro atoms. The Labute approximate surface area is 174 Å². The first-order valence-corrected chi connectivity index (χ1v) is 9.96. The molecule has 1 fully saturated rings. The number of para-hydroxylation sites is 1. The molecule has 0 radical (unpaired) electrons. The maximum absolute atomic E-state index is 12.1. The lowest BCUT2D eigenvalue weighted by Crippen LogP contribution is -2.38. The third-order valence-corrected chi connectivity index (χ3v) is 5.29. The van der Waals surface area contributed by atoms with Crippen LogP contribution in [-0.4, -0.2) is 36.5 Å². The monoisotopic (exact) mass is 408 g/mol. The molecule has 0 unspecified atom stereocenters. The van der Waals surface area contributed by atoms with Crippen molar-refractivity contribution in [2.45, 2.75) is 19.4 Å². The minimum Gasteiger partial charge on any atom is -0.481 e. The van der Waals surface area contributed by atoms with Gasteiger partial charge in [-0.15, -0.1) is 0 Å². The minimum atomic E-state index is -0.243. The van der Waals surface area contributed by atoms with Gasteiger partial charge >= 0.3 is 0 Å². The molecular weight excluding hydrogens is 384 g/mol. The van der Waals surface area contributed by atoms with E-state index in [2.05, 4.69) is 10.2 Å². The van der Waals surface area contributed by atoms with Crippen LogP contribution < -0.4 is 20.7 Å². The number of piperidine rings is 1. The van der Waals surface area contributed by atoms with Gasteiger partial charge in [0, 0.05) is 24.4 Å². The molecule has 30 heavy (non-hydrogen) atoms. The number of amides is 2. The summed E-state index contributed by atoms with van der Waals surface area (Å²) in [6.07, 6.45) is 3.01. The number of hydrogen-bond donors (Lipinski definition) is 2.